The molecular formula is C19H21FN4O2. The van der Waals surface area contributed by atoms with Gasteiger partial charge >= 0.3 is 0 Å². The molecule has 1 aromatic heterocycles. The summed E-state index contributed by atoms with van der Waals surface area (Å²) in [4.78, 5) is 34.7. The molecule has 1 fully saturated rings. The number of aromatic nitrogens is 2. The van der Waals surface area contributed by atoms with Gasteiger partial charge in [-0.3, -0.25) is 9.59 Å². The second kappa shape index (κ2) is 8.03. The van der Waals surface area contributed by atoms with E-state index in [2.05, 4.69) is 15.3 Å². The second-order valence-corrected chi connectivity index (χ2v) is 6.43. The normalized spacial score (nSPS) is 16.5. The number of amides is 2. The lowest BCUT2D eigenvalue weighted by atomic mass is 10.1. The average Bonchev–Trinajstić information content (AvgIpc) is 3.08. The van der Waals surface area contributed by atoms with Crippen molar-refractivity contribution in [2.75, 3.05) is 13.1 Å². The molecule has 3 rings (SSSR count). The molecule has 0 radical (unpaired) electrons. The van der Waals surface area contributed by atoms with Crippen LogP contribution in [0.2, 0.25) is 0 Å². The van der Waals surface area contributed by atoms with E-state index in [9.17, 15) is 14.0 Å². The Labute approximate surface area is 151 Å². The highest BCUT2D eigenvalue weighted by Crippen LogP contribution is 2.18. The molecule has 1 N–H and O–H groups in total. The molecule has 0 aliphatic carbocycles. The largest absolute Gasteiger partial charge is 0.354 e. The van der Waals surface area contributed by atoms with E-state index in [0.717, 1.165) is 18.5 Å². The van der Waals surface area contributed by atoms with Gasteiger partial charge in [-0.25, -0.2) is 14.4 Å². The highest BCUT2D eigenvalue weighted by molar-refractivity contribution is 5.91. The summed E-state index contributed by atoms with van der Waals surface area (Å²) in [6.45, 7) is 2.80. The predicted octanol–water partition coefficient (Wildman–Crippen LogP) is 1.89. The van der Waals surface area contributed by atoms with E-state index in [1.54, 1.807) is 29.3 Å². The van der Waals surface area contributed by atoms with Crippen LogP contribution in [0.5, 0.6) is 0 Å². The Morgan fingerprint density at radius 2 is 2.19 bits per heavy atom. The van der Waals surface area contributed by atoms with Crippen molar-refractivity contribution in [2.45, 2.75) is 32.2 Å². The molecule has 2 aromatic rings. The first-order chi connectivity index (χ1) is 12.5. The first-order valence-electron chi connectivity index (χ1n) is 8.64. The third kappa shape index (κ3) is 4.41. The molecule has 1 aliphatic heterocycles. The van der Waals surface area contributed by atoms with Crippen molar-refractivity contribution < 1.29 is 14.0 Å². The van der Waals surface area contributed by atoms with Gasteiger partial charge in [-0.15, -0.1) is 0 Å². The van der Waals surface area contributed by atoms with Crippen molar-refractivity contribution in [3.8, 4) is 0 Å². The third-order valence-corrected chi connectivity index (χ3v) is 4.41. The zero-order chi connectivity index (χ0) is 18.5. The maximum absolute atomic E-state index is 13.2. The fourth-order valence-electron chi connectivity index (χ4n) is 3.12. The van der Waals surface area contributed by atoms with Gasteiger partial charge in [0, 0.05) is 31.0 Å². The van der Waals surface area contributed by atoms with E-state index in [1.165, 1.54) is 12.1 Å². The number of carbonyl (C=O) groups excluding carboxylic acids is 2. The number of nitrogens with zero attached hydrogens (tertiary/aromatic N) is 3. The van der Waals surface area contributed by atoms with Crippen LogP contribution in [0.3, 0.4) is 0 Å². The van der Waals surface area contributed by atoms with Gasteiger partial charge in [0.25, 0.3) is 5.91 Å². The van der Waals surface area contributed by atoms with Crippen LogP contribution in [-0.4, -0.2) is 45.8 Å². The lowest BCUT2D eigenvalue weighted by Crippen LogP contribution is -2.44. The molecule has 0 bridgehead atoms. The number of carbonyl (C=O) groups is 2. The van der Waals surface area contributed by atoms with Crippen LogP contribution < -0.4 is 5.32 Å². The SMILES string of the molecule is Cc1ccnc(C(=O)N2CCC[C@@H]2CNC(=O)Cc2cccc(F)c2)n1. The molecule has 0 saturated carbocycles. The quantitative estimate of drug-likeness (QED) is 0.888. The topological polar surface area (TPSA) is 75.2 Å². The average molecular weight is 356 g/mol. The maximum Gasteiger partial charge on any atom is 0.291 e. The minimum Gasteiger partial charge on any atom is -0.354 e. The number of hydrogen-bond donors (Lipinski definition) is 1. The van der Waals surface area contributed by atoms with Crippen molar-refractivity contribution >= 4 is 11.8 Å². The summed E-state index contributed by atoms with van der Waals surface area (Å²) in [5, 5.41) is 2.84. The van der Waals surface area contributed by atoms with Gasteiger partial charge in [-0.05, 0) is 43.5 Å². The lowest BCUT2D eigenvalue weighted by Gasteiger charge is -2.24. The smallest absolute Gasteiger partial charge is 0.291 e. The summed E-state index contributed by atoms with van der Waals surface area (Å²) in [6.07, 6.45) is 3.38. The highest BCUT2D eigenvalue weighted by atomic mass is 19.1. The van der Waals surface area contributed by atoms with E-state index in [-0.39, 0.29) is 35.9 Å². The zero-order valence-corrected chi connectivity index (χ0v) is 14.6. The number of aryl methyl sites for hydroxylation is 1. The van der Waals surface area contributed by atoms with E-state index >= 15 is 0 Å². The number of hydrogen-bond acceptors (Lipinski definition) is 4. The summed E-state index contributed by atoms with van der Waals surface area (Å²) < 4.78 is 13.2. The number of benzene rings is 1. The van der Waals surface area contributed by atoms with E-state index in [4.69, 9.17) is 0 Å². The Hall–Kier alpha value is -2.83. The number of halogens is 1. The first kappa shape index (κ1) is 18.0. The van der Waals surface area contributed by atoms with Crippen LogP contribution in [0.1, 0.15) is 34.7 Å². The molecule has 1 aliphatic rings. The van der Waals surface area contributed by atoms with Crippen molar-refractivity contribution in [1.29, 1.82) is 0 Å². The summed E-state index contributed by atoms with van der Waals surface area (Å²) in [6, 6.07) is 7.64. The zero-order valence-electron chi connectivity index (χ0n) is 14.6. The first-order valence-corrected chi connectivity index (χ1v) is 8.64. The van der Waals surface area contributed by atoms with Crippen LogP contribution in [0.15, 0.2) is 36.5 Å². The highest BCUT2D eigenvalue weighted by Gasteiger charge is 2.31. The summed E-state index contributed by atoms with van der Waals surface area (Å²) in [7, 11) is 0. The van der Waals surface area contributed by atoms with Gasteiger partial charge in [0.2, 0.25) is 11.7 Å². The Morgan fingerprint density at radius 3 is 2.96 bits per heavy atom. The molecule has 0 spiro atoms. The Bertz CT molecular complexity index is 812. The molecule has 26 heavy (non-hydrogen) atoms. The van der Waals surface area contributed by atoms with E-state index in [0.29, 0.717) is 18.7 Å². The Morgan fingerprint density at radius 1 is 1.35 bits per heavy atom. The number of rotatable bonds is 5. The fraction of sp³-hybridized carbons (Fsp3) is 0.368. The summed E-state index contributed by atoms with van der Waals surface area (Å²) >= 11 is 0. The van der Waals surface area contributed by atoms with Crippen molar-refractivity contribution in [2.24, 2.45) is 0 Å². The van der Waals surface area contributed by atoms with Gasteiger partial charge in [0.15, 0.2) is 0 Å². The lowest BCUT2D eigenvalue weighted by molar-refractivity contribution is -0.120. The standard InChI is InChI=1S/C19H21FN4O2/c1-13-7-8-21-18(23-13)19(26)24-9-3-6-16(24)12-22-17(25)11-14-4-2-5-15(20)10-14/h2,4-5,7-8,10,16H,3,6,9,11-12H2,1H3,(H,22,25)/t16-/m1/s1. The van der Waals surface area contributed by atoms with Crippen molar-refractivity contribution in [3.05, 3.63) is 59.4 Å². The molecule has 7 heteroatoms. The van der Waals surface area contributed by atoms with Crippen molar-refractivity contribution in [1.82, 2.24) is 20.2 Å². The van der Waals surface area contributed by atoms with Crippen LogP contribution >= 0.6 is 0 Å². The van der Waals surface area contributed by atoms with Crippen LogP contribution in [-0.2, 0) is 11.2 Å². The molecular weight excluding hydrogens is 335 g/mol. The van der Waals surface area contributed by atoms with Gasteiger partial charge in [0.05, 0.1) is 6.42 Å². The minimum atomic E-state index is -0.360. The molecule has 0 unspecified atom stereocenters. The predicted molar refractivity (Wildman–Crippen MR) is 93.9 cm³/mol. The third-order valence-electron chi connectivity index (χ3n) is 4.41. The molecule has 136 valence electrons. The van der Waals surface area contributed by atoms with Gasteiger partial charge < -0.3 is 10.2 Å². The number of nitrogens with one attached hydrogen (secondary N) is 1. The molecule has 2 amide bonds. The molecule has 2 heterocycles. The van der Waals surface area contributed by atoms with E-state index < -0.39 is 0 Å². The van der Waals surface area contributed by atoms with Crippen LogP contribution in [0.4, 0.5) is 4.39 Å². The minimum absolute atomic E-state index is 0.0805. The summed E-state index contributed by atoms with van der Waals surface area (Å²) in [5.41, 5.74) is 1.36. The summed E-state index contributed by atoms with van der Waals surface area (Å²) in [5.74, 6) is -0.582. The van der Waals surface area contributed by atoms with Crippen molar-refractivity contribution in [3.63, 3.8) is 0 Å². The molecule has 6 nitrogen and oxygen atoms in total. The molecule has 1 atom stereocenters. The maximum atomic E-state index is 13.2. The fourth-order valence-corrected chi connectivity index (χ4v) is 3.12. The van der Waals surface area contributed by atoms with Gasteiger partial charge in [-0.2, -0.15) is 0 Å². The van der Waals surface area contributed by atoms with Gasteiger partial charge in [-0.1, -0.05) is 12.1 Å². The number of likely N-dealkylation sites (tertiary alicyclic amines) is 1. The van der Waals surface area contributed by atoms with Gasteiger partial charge in [0.1, 0.15) is 5.82 Å². The molecule has 1 saturated heterocycles. The van der Waals surface area contributed by atoms with Crippen LogP contribution in [0, 0.1) is 12.7 Å². The monoisotopic (exact) mass is 356 g/mol. The second-order valence-electron chi connectivity index (χ2n) is 6.43. The van der Waals surface area contributed by atoms with E-state index in [1.807, 2.05) is 6.92 Å². The van der Waals surface area contributed by atoms with Crippen LogP contribution in [0.25, 0.3) is 0 Å². The Kier molecular flexibility index (Phi) is 5.55. The molecule has 1 aromatic carbocycles. The Balaban J connectivity index is 1.57.